The van der Waals surface area contributed by atoms with Gasteiger partial charge in [-0.1, -0.05) is 23.7 Å². The summed E-state index contributed by atoms with van der Waals surface area (Å²) < 4.78 is 0. The standard InChI is InChI=1S/C18H22ClN5O/c1-23-10-12-24(13-11-23)17(25)16-7-9-21-18(22-16)20-8-6-14-2-4-15(19)5-3-14/h2-5,7,9H,6,8,10-13H2,1H3,(H,20,21,22). The number of anilines is 1. The van der Waals surface area contributed by atoms with Gasteiger partial charge in [-0.2, -0.15) is 0 Å². The summed E-state index contributed by atoms with van der Waals surface area (Å²) in [4.78, 5) is 25.2. The van der Waals surface area contributed by atoms with Crippen LogP contribution in [-0.2, 0) is 6.42 Å². The van der Waals surface area contributed by atoms with Crippen LogP contribution < -0.4 is 5.32 Å². The first-order chi connectivity index (χ1) is 12.1. The zero-order chi connectivity index (χ0) is 17.6. The van der Waals surface area contributed by atoms with Crippen molar-refractivity contribution in [3.05, 3.63) is 52.8 Å². The van der Waals surface area contributed by atoms with Gasteiger partial charge in [-0.15, -0.1) is 0 Å². The number of piperazine rings is 1. The summed E-state index contributed by atoms with van der Waals surface area (Å²) in [6.45, 7) is 3.94. The highest BCUT2D eigenvalue weighted by molar-refractivity contribution is 6.30. The summed E-state index contributed by atoms with van der Waals surface area (Å²) in [5.74, 6) is 0.449. The number of nitrogens with one attached hydrogen (secondary N) is 1. The Morgan fingerprint density at radius 1 is 1.16 bits per heavy atom. The van der Waals surface area contributed by atoms with Gasteiger partial charge in [0.25, 0.3) is 5.91 Å². The fourth-order valence-electron chi connectivity index (χ4n) is 2.70. The maximum absolute atomic E-state index is 12.6. The molecule has 0 saturated carbocycles. The molecule has 0 aliphatic carbocycles. The second-order valence-electron chi connectivity index (χ2n) is 6.16. The number of rotatable bonds is 5. The van der Waals surface area contributed by atoms with E-state index in [9.17, 15) is 4.79 Å². The van der Waals surface area contributed by atoms with E-state index >= 15 is 0 Å². The molecule has 1 aromatic carbocycles. The second kappa shape index (κ2) is 8.27. The lowest BCUT2D eigenvalue weighted by Gasteiger charge is -2.32. The van der Waals surface area contributed by atoms with Gasteiger partial charge in [0.2, 0.25) is 5.95 Å². The maximum atomic E-state index is 12.6. The molecule has 1 N–H and O–H groups in total. The van der Waals surface area contributed by atoms with E-state index in [4.69, 9.17) is 11.6 Å². The summed E-state index contributed by atoms with van der Waals surface area (Å²) in [5.41, 5.74) is 1.62. The minimum atomic E-state index is -0.0312. The second-order valence-corrected chi connectivity index (χ2v) is 6.60. The Labute approximate surface area is 152 Å². The Balaban J connectivity index is 1.55. The predicted octanol–water partition coefficient (Wildman–Crippen LogP) is 2.17. The first kappa shape index (κ1) is 17.6. The smallest absolute Gasteiger partial charge is 0.272 e. The van der Waals surface area contributed by atoms with Crippen LogP contribution >= 0.6 is 11.6 Å². The molecule has 2 heterocycles. The van der Waals surface area contributed by atoms with Crippen LogP contribution in [0.15, 0.2) is 36.5 Å². The average molecular weight is 360 g/mol. The molecule has 0 unspecified atom stereocenters. The summed E-state index contributed by atoms with van der Waals surface area (Å²) >= 11 is 5.89. The first-order valence-electron chi connectivity index (χ1n) is 8.41. The molecule has 0 radical (unpaired) electrons. The van der Waals surface area contributed by atoms with E-state index in [2.05, 4.69) is 27.2 Å². The predicted molar refractivity (Wildman–Crippen MR) is 99.1 cm³/mol. The molecule has 1 aliphatic rings. The molecule has 6 nitrogen and oxygen atoms in total. The highest BCUT2D eigenvalue weighted by atomic mass is 35.5. The summed E-state index contributed by atoms with van der Waals surface area (Å²) in [6.07, 6.45) is 2.46. The van der Waals surface area contributed by atoms with E-state index in [-0.39, 0.29) is 5.91 Å². The molecule has 132 valence electrons. The molecule has 1 saturated heterocycles. The monoisotopic (exact) mass is 359 g/mol. The van der Waals surface area contributed by atoms with Crippen LogP contribution in [0.3, 0.4) is 0 Å². The lowest BCUT2D eigenvalue weighted by Crippen LogP contribution is -2.47. The largest absolute Gasteiger partial charge is 0.354 e. The van der Waals surface area contributed by atoms with Crippen LogP contribution in [0.5, 0.6) is 0 Å². The van der Waals surface area contributed by atoms with Gasteiger partial charge in [-0.25, -0.2) is 9.97 Å². The van der Waals surface area contributed by atoms with Gasteiger partial charge in [0.15, 0.2) is 0 Å². The molecule has 1 amide bonds. The summed E-state index contributed by atoms with van der Waals surface area (Å²) in [5, 5.41) is 3.91. The van der Waals surface area contributed by atoms with Crippen molar-refractivity contribution < 1.29 is 4.79 Å². The van der Waals surface area contributed by atoms with E-state index in [0.717, 1.165) is 37.6 Å². The van der Waals surface area contributed by atoms with Crippen molar-refractivity contribution in [1.29, 1.82) is 0 Å². The Hall–Kier alpha value is -2.18. The number of benzene rings is 1. The van der Waals surface area contributed by atoms with E-state index < -0.39 is 0 Å². The number of likely N-dealkylation sites (N-methyl/N-ethyl adjacent to an activating group) is 1. The van der Waals surface area contributed by atoms with Crippen molar-refractivity contribution in [2.45, 2.75) is 6.42 Å². The zero-order valence-corrected chi connectivity index (χ0v) is 15.0. The third-order valence-corrected chi connectivity index (χ3v) is 4.53. The molecule has 1 aliphatic heterocycles. The van der Waals surface area contributed by atoms with Crippen LogP contribution in [0.25, 0.3) is 0 Å². The van der Waals surface area contributed by atoms with E-state index in [1.165, 1.54) is 5.56 Å². The van der Waals surface area contributed by atoms with Gasteiger partial charge < -0.3 is 15.1 Å². The number of hydrogen-bond donors (Lipinski definition) is 1. The number of hydrogen-bond acceptors (Lipinski definition) is 5. The third-order valence-electron chi connectivity index (χ3n) is 4.28. The van der Waals surface area contributed by atoms with Crippen LogP contribution in [0, 0.1) is 0 Å². The molecule has 1 aromatic heterocycles. The lowest BCUT2D eigenvalue weighted by molar-refractivity contribution is 0.0658. The molecule has 25 heavy (non-hydrogen) atoms. The minimum absolute atomic E-state index is 0.0312. The summed E-state index contributed by atoms with van der Waals surface area (Å²) in [7, 11) is 2.06. The molecule has 2 aromatic rings. The van der Waals surface area contributed by atoms with Crippen molar-refractivity contribution in [3.63, 3.8) is 0 Å². The third kappa shape index (κ3) is 4.90. The van der Waals surface area contributed by atoms with Crippen molar-refractivity contribution in [2.24, 2.45) is 0 Å². The fraction of sp³-hybridized carbons (Fsp3) is 0.389. The van der Waals surface area contributed by atoms with Gasteiger partial charge in [0.1, 0.15) is 5.69 Å². The maximum Gasteiger partial charge on any atom is 0.272 e. The molecule has 3 rings (SSSR count). The molecule has 1 fully saturated rings. The SMILES string of the molecule is CN1CCN(C(=O)c2ccnc(NCCc3ccc(Cl)cc3)n2)CC1. The molecule has 0 spiro atoms. The molecular formula is C18H22ClN5O. The van der Waals surface area contributed by atoms with Gasteiger partial charge in [-0.05, 0) is 37.2 Å². The van der Waals surface area contributed by atoms with E-state index in [1.54, 1.807) is 12.3 Å². The highest BCUT2D eigenvalue weighted by Crippen LogP contribution is 2.11. The topological polar surface area (TPSA) is 61.4 Å². The van der Waals surface area contributed by atoms with Gasteiger partial charge in [0.05, 0.1) is 0 Å². The van der Waals surface area contributed by atoms with Crippen molar-refractivity contribution in [2.75, 3.05) is 45.1 Å². The Morgan fingerprint density at radius 2 is 1.88 bits per heavy atom. The Kier molecular flexibility index (Phi) is 5.83. The minimum Gasteiger partial charge on any atom is -0.354 e. The number of carbonyl (C=O) groups excluding carboxylic acids is 1. The van der Waals surface area contributed by atoms with Crippen molar-refractivity contribution >= 4 is 23.5 Å². The van der Waals surface area contributed by atoms with Crippen molar-refractivity contribution in [1.82, 2.24) is 19.8 Å². The normalized spacial score (nSPS) is 15.2. The Bertz CT molecular complexity index is 714. The number of halogens is 1. The number of amides is 1. The first-order valence-corrected chi connectivity index (χ1v) is 8.79. The van der Waals surface area contributed by atoms with Crippen LogP contribution in [-0.4, -0.2) is 65.4 Å². The van der Waals surface area contributed by atoms with Crippen molar-refractivity contribution in [3.8, 4) is 0 Å². The molecule has 7 heteroatoms. The molecule has 0 bridgehead atoms. The highest BCUT2D eigenvalue weighted by Gasteiger charge is 2.21. The van der Waals surface area contributed by atoms with Gasteiger partial charge in [0, 0.05) is 43.9 Å². The molecular weight excluding hydrogens is 338 g/mol. The number of carbonyl (C=O) groups is 1. The quantitative estimate of drug-likeness (QED) is 0.886. The average Bonchev–Trinajstić information content (AvgIpc) is 2.64. The van der Waals surface area contributed by atoms with Gasteiger partial charge >= 0.3 is 0 Å². The van der Waals surface area contributed by atoms with Crippen LogP contribution in [0.4, 0.5) is 5.95 Å². The zero-order valence-electron chi connectivity index (χ0n) is 14.3. The van der Waals surface area contributed by atoms with Gasteiger partial charge in [-0.3, -0.25) is 4.79 Å². The Morgan fingerprint density at radius 3 is 2.60 bits per heavy atom. The fourth-order valence-corrected chi connectivity index (χ4v) is 2.83. The van der Waals surface area contributed by atoms with Crippen LogP contribution in [0.1, 0.15) is 16.1 Å². The summed E-state index contributed by atoms with van der Waals surface area (Å²) in [6, 6.07) is 9.42. The van der Waals surface area contributed by atoms with Crippen LogP contribution in [0.2, 0.25) is 5.02 Å². The van der Waals surface area contributed by atoms with E-state index in [1.807, 2.05) is 29.2 Å². The van der Waals surface area contributed by atoms with E-state index in [0.29, 0.717) is 18.2 Å². The number of aromatic nitrogens is 2. The number of nitrogens with zero attached hydrogens (tertiary/aromatic N) is 4. The molecule has 0 atom stereocenters. The lowest BCUT2D eigenvalue weighted by atomic mass is 10.1.